The summed E-state index contributed by atoms with van der Waals surface area (Å²) in [5.41, 5.74) is 2.12. The number of ketones is 1. The van der Waals surface area contributed by atoms with Gasteiger partial charge < -0.3 is 0 Å². The van der Waals surface area contributed by atoms with Crippen LogP contribution in [-0.4, -0.2) is 5.78 Å². The van der Waals surface area contributed by atoms with E-state index in [-0.39, 0.29) is 5.92 Å². The molecule has 0 atom stereocenters. The van der Waals surface area contributed by atoms with Crippen LogP contribution in [0, 0.1) is 18.8 Å². The lowest BCUT2D eigenvalue weighted by Crippen LogP contribution is -2.21. The molecule has 1 aromatic carbocycles. The molecule has 0 unspecified atom stereocenters. The number of carbonyl (C=O) groups excluding carboxylic acids is 1. The average molecular weight is 230 g/mol. The molecule has 0 N–H and O–H groups in total. The number of Topliss-reactive ketones (excluding diaryl/α,β-unsaturated/α-hetero) is 1. The summed E-state index contributed by atoms with van der Waals surface area (Å²) in [4.78, 5) is 12.3. The van der Waals surface area contributed by atoms with Crippen LogP contribution in [0.15, 0.2) is 24.3 Å². The van der Waals surface area contributed by atoms with Crippen molar-refractivity contribution in [2.24, 2.45) is 11.8 Å². The predicted octanol–water partition coefficient (Wildman–Crippen LogP) is 4.39. The first-order valence-electron chi connectivity index (χ1n) is 6.81. The van der Waals surface area contributed by atoms with Crippen molar-refractivity contribution in [1.82, 2.24) is 0 Å². The van der Waals surface area contributed by atoms with E-state index in [1.54, 1.807) is 0 Å². The first kappa shape index (κ1) is 12.3. The number of aryl methyl sites for hydroxylation is 1. The third-order valence-corrected chi connectivity index (χ3v) is 4.13. The van der Waals surface area contributed by atoms with Gasteiger partial charge in [0.2, 0.25) is 0 Å². The largest absolute Gasteiger partial charge is 0.294 e. The Labute approximate surface area is 104 Å². The van der Waals surface area contributed by atoms with Gasteiger partial charge in [0.25, 0.3) is 0 Å². The van der Waals surface area contributed by atoms with Crippen LogP contribution < -0.4 is 0 Å². The van der Waals surface area contributed by atoms with Crippen molar-refractivity contribution in [2.75, 3.05) is 0 Å². The summed E-state index contributed by atoms with van der Waals surface area (Å²) in [5, 5.41) is 0. The summed E-state index contributed by atoms with van der Waals surface area (Å²) in [6.45, 7) is 4.31. The molecule has 0 bridgehead atoms. The lowest BCUT2D eigenvalue weighted by Gasteiger charge is -2.26. The Morgan fingerprint density at radius 2 is 1.71 bits per heavy atom. The van der Waals surface area contributed by atoms with Crippen molar-refractivity contribution < 1.29 is 4.79 Å². The van der Waals surface area contributed by atoms with E-state index in [4.69, 9.17) is 0 Å². The van der Waals surface area contributed by atoms with Gasteiger partial charge >= 0.3 is 0 Å². The molecule has 17 heavy (non-hydrogen) atoms. The monoisotopic (exact) mass is 230 g/mol. The molecule has 2 rings (SSSR count). The summed E-state index contributed by atoms with van der Waals surface area (Å²) in [5.74, 6) is 1.50. The highest BCUT2D eigenvalue weighted by atomic mass is 16.1. The van der Waals surface area contributed by atoms with Crippen LogP contribution in [0.4, 0.5) is 0 Å². The van der Waals surface area contributed by atoms with E-state index in [2.05, 4.69) is 13.8 Å². The lowest BCUT2D eigenvalue weighted by atomic mass is 9.78. The summed E-state index contributed by atoms with van der Waals surface area (Å²) >= 11 is 0. The molecular weight excluding hydrogens is 208 g/mol. The number of hydrogen-bond acceptors (Lipinski definition) is 1. The van der Waals surface area contributed by atoms with Crippen molar-refractivity contribution in [3.63, 3.8) is 0 Å². The maximum Gasteiger partial charge on any atom is 0.165 e. The van der Waals surface area contributed by atoms with Crippen LogP contribution >= 0.6 is 0 Å². The van der Waals surface area contributed by atoms with E-state index >= 15 is 0 Å². The van der Waals surface area contributed by atoms with Crippen molar-refractivity contribution in [3.05, 3.63) is 35.4 Å². The third kappa shape index (κ3) is 2.96. The van der Waals surface area contributed by atoms with E-state index in [0.29, 0.717) is 5.78 Å². The zero-order valence-electron chi connectivity index (χ0n) is 10.9. The maximum absolute atomic E-state index is 12.3. The second-order valence-electron chi connectivity index (χ2n) is 5.36. The Morgan fingerprint density at radius 1 is 1.12 bits per heavy atom. The minimum absolute atomic E-state index is 0.278. The lowest BCUT2D eigenvalue weighted by molar-refractivity contribution is 0.0871. The molecule has 92 valence electrons. The third-order valence-electron chi connectivity index (χ3n) is 4.13. The second-order valence-corrected chi connectivity index (χ2v) is 5.36. The molecule has 1 saturated carbocycles. The van der Waals surface area contributed by atoms with Crippen LogP contribution in [0.3, 0.4) is 0 Å². The Kier molecular flexibility index (Phi) is 3.98. The SMILES string of the molecule is CCC1CCC(C(=O)c2ccc(C)cc2)CC1. The van der Waals surface area contributed by atoms with Gasteiger partial charge in [-0.25, -0.2) is 0 Å². The smallest absolute Gasteiger partial charge is 0.165 e. The highest BCUT2D eigenvalue weighted by molar-refractivity contribution is 5.97. The number of hydrogen-bond donors (Lipinski definition) is 0. The summed E-state index contributed by atoms with van der Waals surface area (Å²) in [6, 6.07) is 8.02. The standard InChI is InChI=1S/C16H22O/c1-3-13-6-10-15(11-7-13)16(17)14-8-4-12(2)5-9-14/h4-5,8-9,13,15H,3,6-7,10-11H2,1-2H3. The normalized spacial score (nSPS) is 24.6. The second kappa shape index (κ2) is 5.48. The van der Waals surface area contributed by atoms with Gasteiger partial charge in [-0.1, -0.05) is 43.2 Å². The van der Waals surface area contributed by atoms with Crippen molar-refractivity contribution in [1.29, 1.82) is 0 Å². The molecule has 0 aromatic heterocycles. The Hall–Kier alpha value is -1.11. The van der Waals surface area contributed by atoms with Crippen molar-refractivity contribution in [2.45, 2.75) is 46.0 Å². The van der Waals surface area contributed by atoms with Crippen LogP contribution in [-0.2, 0) is 0 Å². The minimum Gasteiger partial charge on any atom is -0.294 e. The van der Waals surface area contributed by atoms with Gasteiger partial charge in [-0.05, 0) is 38.5 Å². The molecule has 0 radical (unpaired) electrons. The topological polar surface area (TPSA) is 17.1 Å². The molecule has 1 aliphatic rings. The van der Waals surface area contributed by atoms with Gasteiger partial charge in [-0.3, -0.25) is 4.79 Å². The molecule has 1 nitrogen and oxygen atoms in total. The number of rotatable bonds is 3. The van der Waals surface area contributed by atoms with Crippen molar-refractivity contribution >= 4 is 5.78 Å². The van der Waals surface area contributed by atoms with Gasteiger partial charge in [0.05, 0.1) is 0 Å². The zero-order chi connectivity index (χ0) is 12.3. The Morgan fingerprint density at radius 3 is 2.24 bits per heavy atom. The van der Waals surface area contributed by atoms with Crippen LogP contribution in [0.2, 0.25) is 0 Å². The number of benzene rings is 1. The van der Waals surface area contributed by atoms with E-state index in [9.17, 15) is 4.79 Å². The van der Waals surface area contributed by atoms with E-state index in [1.165, 1.54) is 24.8 Å². The fourth-order valence-corrected chi connectivity index (χ4v) is 2.79. The number of carbonyl (C=O) groups is 1. The zero-order valence-corrected chi connectivity index (χ0v) is 10.9. The molecule has 1 heteroatoms. The summed E-state index contributed by atoms with van der Waals surface area (Å²) in [7, 11) is 0. The fourth-order valence-electron chi connectivity index (χ4n) is 2.79. The highest BCUT2D eigenvalue weighted by Crippen LogP contribution is 2.32. The predicted molar refractivity (Wildman–Crippen MR) is 71.2 cm³/mol. The fraction of sp³-hybridized carbons (Fsp3) is 0.562. The maximum atomic E-state index is 12.3. The molecule has 1 aromatic rings. The van der Waals surface area contributed by atoms with Gasteiger partial charge in [0, 0.05) is 11.5 Å². The first-order valence-corrected chi connectivity index (χ1v) is 6.81. The van der Waals surface area contributed by atoms with Crippen LogP contribution in [0.25, 0.3) is 0 Å². The Bertz CT molecular complexity index is 369. The minimum atomic E-state index is 0.278. The van der Waals surface area contributed by atoms with Gasteiger partial charge in [0.15, 0.2) is 5.78 Å². The molecule has 0 spiro atoms. The van der Waals surface area contributed by atoms with Crippen molar-refractivity contribution in [3.8, 4) is 0 Å². The van der Waals surface area contributed by atoms with Gasteiger partial charge in [-0.15, -0.1) is 0 Å². The van der Waals surface area contributed by atoms with Gasteiger partial charge in [0.1, 0.15) is 0 Å². The molecule has 1 aliphatic carbocycles. The quantitative estimate of drug-likeness (QED) is 0.704. The summed E-state index contributed by atoms with van der Waals surface area (Å²) < 4.78 is 0. The molecule has 0 heterocycles. The van der Waals surface area contributed by atoms with E-state index in [1.807, 2.05) is 24.3 Å². The Balaban J connectivity index is 1.99. The molecule has 0 aliphatic heterocycles. The molecule has 0 saturated heterocycles. The average Bonchev–Trinajstić information content (AvgIpc) is 2.39. The highest BCUT2D eigenvalue weighted by Gasteiger charge is 2.25. The van der Waals surface area contributed by atoms with E-state index in [0.717, 1.165) is 24.3 Å². The molecule has 1 fully saturated rings. The van der Waals surface area contributed by atoms with Gasteiger partial charge in [-0.2, -0.15) is 0 Å². The summed E-state index contributed by atoms with van der Waals surface area (Å²) in [6.07, 6.45) is 5.92. The molecular formula is C16H22O. The first-order chi connectivity index (χ1) is 8.20. The van der Waals surface area contributed by atoms with Crippen LogP contribution in [0.5, 0.6) is 0 Å². The molecule has 0 amide bonds. The van der Waals surface area contributed by atoms with Crippen LogP contribution in [0.1, 0.15) is 54.9 Å². The van der Waals surface area contributed by atoms with E-state index < -0.39 is 0 Å².